The summed E-state index contributed by atoms with van der Waals surface area (Å²) >= 11 is 0. The molecule has 8 heteroatoms. The lowest BCUT2D eigenvalue weighted by molar-refractivity contribution is -0.134. The number of nitrogens with one attached hydrogen (secondary N) is 2. The fraction of sp³-hybridized carbons (Fsp3) is 0.455. The molecule has 1 aromatic carbocycles. The Kier molecular flexibility index (Phi) is 7.21. The Morgan fingerprint density at radius 3 is 2.67 bits per heavy atom. The van der Waals surface area contributed by atoms with Crippen LogP contribution in [0, 0.1) is 6.92 Å². The molecular formula is C22H29N5O3. The van der Waals surface area contributed by atoms with E-state index in [0.717, 1.165) is 30.5 Å². The highest BCUT2D eigenvalue weighted by Gasteiger charge is 2.28. The van der Waals surface area contributed by atoms with Crippen LogP contribution < -0.4 is 10.6 Å². The molecule has 0 radical (unpaired) electrons. The summed E-state index contributed by atoms with van der Waals surface area (Å²) in [6.45, 7) is 2.92. The molecule has 1 fully saturated rings. The van der Waals surface area contributed by atoms with Crippen molar-refractivity contribution in [1.29, 1.82) is 0 Å². The Balaban J connectivity index is 1.75. The number of nitrogens with zero attached hydrogens (tertiary/aromatic N) is 3. The second kappa shape index (κ2) is 10.0. The number of carbonyl (C=O) groups is 3. The van der Waals surface area contributed by atoms with Crippen molar-refractivity contribution in [3.05, 3.63) is 53.3 Å². The number of carbonyl (C=O) groups excluding carboxylic acids is 3. The molecule has 1 atom stereocenters. The normalized spacial score (nSPS) is 17.9. The van der Waals surface area contributed by atoms with Crippen molar-refractivity contribution < 1.29 is 14.4 Å². The van der Waals surface area contributed by atoms with Crippen LogP contribution in [0.5, 0.6) is 0 Å². The molecule has 30 heavy (non-hydrogen) atoms. The maximum absolute atomic E-state index is 13.1. The quantitative estimate of drug-likeness (QED) is 0.801. The lowest BCUT2D eigenvalue weighted by Gasteiger charge is -2.33. The first kappa shape index (κ1) is 21.5. The van der Waals surface area contributed by atoms with E-state index >= 15 is 0 Å². The van der Waals surface area contributed by atoms with Crippen molar-refractivity contribution in [2.75, 3.05) is 19.6 Å². The molecular weight excluding hydrogens is 382 g/mol. The van der Waals surface area contributed by atoms with E-state index in [1.54, 1.807) is 22.7 Å². The van der Waals surface area contributed by atoms with Crippen LogP contribution in [-0.4, -0.2) is 52.0 Å². The Hall–Kier alpha value is -3.16. The summed E-state index contributed by atoms with van der Waals surface area (Å²) in [6, 6.07) is 10.9. The average molecular weight is 412 g/mol. The van der Waals surface area contributed by atoms with Gasteiger partial charge in [-0.3, -0.25) is 19.1 Å². The molecule has 0 spiro atoms. The minimum Gasteiger partial charge on any atom is -0.356 e. The van der Waals surface area contributed by atoms with Gasteiger partial charge in [0.1, 0.15) is 5.69 Å². The van der Waals surface area contributed by atoms with Gasteiger partial charge in [0.25, 0.3) is 5.91 Å². The summed E-state index contributed by atoms with van der Waals surface area (Å²) in [5, 5.41) is 9.76. The summed E-state index contributed by atoms with van der Waals surface area (Å²) in [4.78, 5) is 39.7. The van der Waals surface area contributed by atoms with Gasteiger partial charge < -0.3 is 15.5 Å². The molecule has 8 nitrogen and oxygen atoms in total. The molecule has 3 rings (SSSR count). The van der Waals surface area contributed by atoms with Gasteiger partial charge in [-0.25, -0.2) is 0 Å². The van der Waals surface area contributed by atoms with E-state index in [1.807, 2.05) is 37.3 Å². The molecule has 1 saturated heterocycles. The van der Waals surface area contributed by atoms with Crippen molar-refractivity contribution >= 4 is 17.7 Å². The first-order valence-electron chi connectivity index (χ1n) is 10.4. The third-order valence-corrected chi connectivity index (χ3v) is 5.40. The maximum Gasteiger partial charge on any atom is 0.272 e. The van der Waals surface area contributed by atoms with Gasteiger partial charge in [0.2, 0.25) is 11.8 Å². The van der Waals surface area contributed by atoms with Crippen molar-refractivity contribution in [1.82, 2.24) is 25.3 Å². The average Bonchev–Trinajstić information content (AvgIpc) is 3.09. The van der Waals surface area contributed by atoms with Crippen LogP contribution in [-0.2, 0) is 16.6 Å². The van der Waals surface area contributed by atoms with Crippen LogP contribution >= 0.6 is 0 Å². The molecule has 1 unspecified atom stereocenters. The molecule has 1 aliphatic rings. The van der Waals surface area contributed by atoms with Gasteiger partial charge in [0.15, 0.2) is 0 Å². The highest BCUT2D eigenvalue weighted by atomic mass is 16.2. The van der Waals surface area contributed by atoms with E-state index in [9.17, 15) is 14.4 Å². The predicted octanol–water partition coefficient (Wildman–Crippen LogP) is 1.72. The monoisotopic (exact) mass is 411 g/mol. The molecule has 2 aromatic rings. The molecule has 0 aliphatic carbocycles. The molecule has 1 aliphatic heterocycles. The molecule has 3 amide bonds. The second-order valence-electron chi connectivity index (χ2n) is 7.61. The number of aromatic nitrogens is 2. The third kappa shape index (κ3) is 5.46. The van der Waals surface area contributed by atoms with Gasteiger partial charge in [-0.2, -0.15) is 5.10 Å². The molecule has 0 saturated carbocycles. The predicted molar refractivity (Wildman–Crippen MR) is 113 cm³/mol. The van der Waals surface area contributed by atoms with E-state index < -0.39 is 0 Å². The Bertz CT molecular complexity index is 874. The fourth-order valence-corrected chi connectivity index (χ4v) is 3.62. The zero-order valence-electron chi connectivity index (χ0n) is 17.6. The zero-order valence-corrected chi connectivity index (χ0v) is 17.6. The molecule has 2 N–H and O–H groups in total. The van der Waals surface area contributed by atoms with Crippen LogP contribution in [0.25, 0.3) is 0 Å². The van der Waals surface area contributed by atoms with Crippen molar-refractivity contribution in [2.45, 2.75) is 38.6 Å². The van der Waals surface area contributed by atoms with E-state index in [-0.39, 0.29) is 42.4 Å². The van der Waals surface area contributed by atoms with Crippen LogP contribution in [0.2, 0.25) is 0 Å². The SMILES string of the molecule is Cc1cc(C(=O)NCC(=O)N2CCCCCNC(=O)CC2c2ccccc2)nn1C. The minimum absolute atomic E-state index is 0.0726. The first-order valence-corrected chi connectivity index (χ1v) is 10.4. The first-order chi connectivity index (χ1) is 14.5. The standard InChI is InChI=1S/C22H29N5O3/c1-16-13-18(25-26(16)2)22(30)24-15-21(29)27-12-8-4-7-11-23-20(28)14-19(27)17-9-5-3-6-10-17/h3,5-6,9-10,13,19H,4,7-8,11-12,14-15H2,1-2H3,(H,23,28)(H,24,30). The topological polar surface area (TPSA) is 96.3 Å². The maximum atomic E-state index is 13.1. The summed E-state index contributed by atoms with van der Waals surface area (Å²) in [5.74, 6) is -0.670. The Morgan fingerprint density at radius 2 is 1.97 bits per heavy atom. The van der Waals surface area contributed by atoms with E-state index in [0.29, 0.717) is 13.1 Å². The van der Waals surface area contributed by atoms with Crippen molar-refractivity contribution in [2.24, 2.45) is 7.05 Å². The van der Waals surface area contributed by atoms with Gasteiger partial charge in [0.05, 0.1) is 19.0 Å². The molecule has 160 valence electrons. The van der Waals surface area contributed by atoms with Crippen LogP contribution in [0.15, 0.2) is 36.4 Å². The van der Waals surface area contributed by atoms with Crippen LogP contribution in [0.3, 0.4) is 0 Å². The Morgan fingerprint density at radius 1 is 1.20 bits per heavy atom. The van der Waals surface area contributed by atoms with Gasteiger partial charge >= 0.3 is 0 Å². The fourth-order valence-electron chi connectivity index (χ4n) is 3.62. The highest BCUT2D eigenvalue weighted by Crippen LogP contribution is 2.25. The lowest BCUT2D eigenvalue weighted by Crippen LogP contribution is -2.44. The second-order valence-corrected chi connectivity index (χ2v) is 7.61. The smallest absolute Gasteiger partial charge is 0.272 e. The van der Waals surface area contributed by atoms with Gasteiger partial charge in [-0.05, 0) is 37.8 Å². The molecule has 2 heterocycles. The van der Waals surface area contributed by atoms with Crippen LogP contribution in [0.4, 0.5) is 0 Å². The number of rotatable bonds is 4. The number of hydrogen-bond donors (Lipinski definition) is 2. The third-order valence-electron chi connectivity index (χ3n) is 5.40. The Labute approximate surface area is 176 Å². The summed E-state index contributed by atoms with van der Waals surface area (Å²) in [7, 11) is 1.76. The number of amides is 3. The number of hydrogen-bond acceptors (Lipinski definition) is 4. The molecule has 1 aromatic heterocycles. The highest BCUT2D eigenvalue weighted by molar-refractivity contribution is 5.95. The van der Waals surface area contributed by atoms with Crippen molar-refractivity contribution in [3.8, 4) is 0 Å². The van der Waals surface area contributed by atoms with Gasteiger partial charge in [-0.1, -0.05) is 30.3 Å². The van der Waals surface area contributed by atoms with Crippen LogP contribution in [0.1, 0.15) is 53.5 Å². The van der Waals surface area contributed by atoms with E-state index in [1.165, 1.54) is 0 Å². The largest absolute Gasteiger partial charge is 0.356 e. The van der Waals surface area contributed by atoms with E-state index in [4.69, 9.17) is 0 Å². The zero-order chi connectivity index (χ0) is 21.5. The van der Waals surface area contributed by atoms with E-state index in [2.05, 4.69) is 15.7 Å². The van der Waals surface area contributed by atoms with Gasteiger partial charge in [-0.15, -0.1) is 0 Å². The van der Waals surface area contributed by atoms with Crippen molar-refractivity contribution in [3.63, 3.8) is 0 Å². The summed E-state index contributed by atoms with van der Waals surface area (Å²) in [5.41, 5.74) is 2.05. The lowest BCUT2D eigenvalue weighted by atomic mass is 10.00. The molecule has 0 bridgehead atoms. The summed E-state index contributed by atoms with van der Waals surface area (Å²) in [6.07, 6.45) is 2.85. The number of benzene rings is 1. The van der Waals surface area contributed by atoms with Gasteiger partial charge in [0, 0.05) is 25.8 Å². The number of aryl methyl sites for hydroxylation is 2. The summed E-state index contributed by atoms with van der Waals surface area (Å²) < 4.78 is 1.62. The minimum atomic E-state index is -0.387.